The number of hydrogen-bond acceptors (Lipinski definition) is 7. The molecule has 208 valence electrons. The van der Waals surface area contributed by atoms with Crippen molar-refractivity contribution in [2.45, 2.75) is 95.0 Å². The Labute approximate surface area is 215 Å². The lowest BCUT2D eigenvalue weighted by Gasteiger charge is -2.33. The van der Waals surface area contributed by atoms with Crippen molar-refractivity contribution in [1.29, 1.82) is 0 Å². The number of aromatic nitrogens is 2. The number of amides is 1. The molecule has 1 saturated heterocycles. The van der Waals surface area contributed by atoms with Crippen molar-refractivity contribution < 1.29 is 35.9 Å². The molecule has 3 aliphatic rings. The second-order valence-corrected chi connectivity index (χ2v) is 12.4. The molecule has 8 atom stereocenters. The van der Waals surface area contributed by atoms with Crippen molar-refractivity contribution >= 4 is 16.1 Å². The zero-order valence-corrected chi connectivity index (χ0v) is 22.3. The molecule has 37 heavy (non-hydrogen) atoms. The predicted molar refractivity (Wildman–Crippen MR) is 128 cm³/mol. The van der Waals surface area contributed by atoms with E-state index in [1.165, 1.54) is 24.2 Å². The Balaban J connectivity index is 1.44. The molecule has 0 spiro atoms. The summed E-state index contributed by atoms with van der Waals surface area (Å²) < 4.78 is 77.7. The van der Waals surface area contributed by atoms with Crippen LogP contribution < -0.4 is 4.72 Å². The molecular formula is C24H35F3N4O5S. The number of nitrogens with one attached hydrogen (secondary N) is 1. The van der Waals surface area contributed by atoms with E-state index in [0.29, 0.717) is 24.6 Å². The molecule has 0 bridgehead atoms. The van der Waals surface area contributed by atoms with Gasteiger partial charge in [0.2, 0.25) is 10.0 Å². The van der Waals surface area contributed by atoms with Gasteiger partial charge in [-0.1, -0.05) is 13.8 Å². The minimum Gasteiger partial charge on any atom is -0.440 e. The fraction of sp³-hybridized carbons (Fsp3) is 0.792. The molecule has 3 fully saturated rings. The summed E-state index contributed by atoms with van der Waals surface area (Å²) in [4.78, 5) is 22.7. The minimum atomic E-state index is -3.59. The Hall–Kier alpha value is -1.99. The maximum absolute atomic E-state index is 13.3. The van der Waals surface area contributed by atoms with Gasteiger partial charge in [0.1, 0.15) is 5.82 Å². The Morgan fingerprint density at radius 2 is 1.95 bits per heavy atom. The Bertz CT molecular complexity index is 1080. The third-order valence-electron chi connectivity index (χ3n) is 8.31. The molecule has 4 rings (SSSR count). The third-order valence-corrected chi connectivity index (χ3v) is 9.04. The first kappa shape index (κ1) is 28.0. The van der Waals surface area contributed by atoms with Crippen molar-refractivity contribution in [2.75, 3.05) is 12.9 Å². The molecule has 2 heterocycles. The van der Waals surface area contributed by atoms with Crippen LogP contribution in [0.3, 0.4) is 0 Å². The maximum Gasteiger partial charge on any atom is 0.410 e. The van der Waals surface area contributed by atoms with Crippen LogP contribution in [0, 0.1) is 17.7 Å². The maximum atomic E-state index is 13.3. The van der Waals surface area contributed by atoms with Crippen molar-refractivity contribution in [3.63, 3.8) is 0 Å². The first-order valence-corrected chi connectivity index (χ1v) is 14.6. The van der Waals surface area contributed by atoms with E-state index >= 15 is 0 Å². The summed E-state index contributed by atoms with van der Waals surface area (Å²) >= 11 is 0. The van der Waals surface area contributed by atoms with E-state index in [1.54, 1.807) is 6.92 Å². The monoisotopic (exact) mass is 548 g/mol. The highest BCUT2D eigenvalue weighted by Crippen LogP contribution is 2.66. The number of hydrogen-bond donors (Lipinski definition) is 1. The summed E-state index contributed by atoms with van der Waals surface area (Å²) in [6.45, 7) is 5.38. The summed E-state index contributed by atoms with van der Waals surface area (Å²) in [7, 11) is -3.59. The van der Waals surface area contributed by atoms with Gasteiger partial charge in [0, 0.05) is 17.5 Å². The van der Waals surface area contributed by atoms with E-state index in [4.69, 9.17) is 9.47 Å². The molecule has 1 amide bonds. The number of rotatable bonds is 9. The van der Waals surface area contributed by atoms with Gasteiger partial charge in [0.05, 0.1) is 37.4 Å². The lowest BCUT2D eigenvalue weighted by molar-refractivity contribution is -0.0462. The van der Waals surface area contributed by atoms with Gasteiger partial charge in [-0.3, -0.25) is 4.90 Å². The molecule has 2 saturated carbocycles. The van der Waals surface area contributed by atoms with Gasteiger partial charge >= 0.3 is 6.09 Å². The number of halogens is 3. The average molecular weight is 549 g/mol. The topological polar surface area (TPSA) is 111 Å². The number of carbonyl (C=O) groups excluding carboxylic acids is 1. The smallest absolute Gasteiger partial charge is 0.410 e. The van der Waals surface area contributed by atoms with Crippen molar-refractivity contribution in [3.05, 3.63) is 24.0 Å². The number of likely N-dealkylation sites (tertiary alicyclic amines) is 1. The van der Waals surface area contributed by atoms with Crippen LogP contribution in [0.25, 0.3) is 0 Å². The van der Waals surface area contributed by atoms with Crippen LogP contribution in [0.5, 0.6) is 0 Å². The first-order valence-electron chi connectivity index (χ1n) is 12.7. The molecule has 1 aromatic rings. The van der Waals surface area contributed by atoms with Crippen LogP contribution in [-0.4, -0.2) is 79.0 Å². The van der Waals surface area contributed by atoms with Crippen molar-refractivity contribution in [3.8, 4) is 0 Å². The number of ether oxygens (including phenoxy) is 2. The minimum absolute atomic E-state index is 0.0317. The third kappa shape index (κ3) is 5.73. The highest BCUT2D eigenvalue weighted by Gasteiger charge is 2.66. The largest absolute Gasteiger partial charge is 0.440 e. The second-order valence-electron chi connectivity index (χ2n) is 10.6. The Kier molecular flexibility index (Phi) is 8.06. The van der Waals surface area contributed by atoms with Crippen molar-refractivity contribution in [2.24, 2.45) is 11.8 Å². The predicted octanol–water partition coefficient (Wildman–Crippen LogP) is 3.25. The number of sulfonamides is 1. The Morgan fingerprint density at radius 1 is 1.27 bits per heavy atom. The fourth-order valence-corrected chi connectivity index (χ4v) is 7.15. The molecule has 0 aromatic carbocycles. The summed E-state index contributed by atoms with van der Waals surface area (Å²) in [6.07, 6.45) is 0.441. The quantitative estimate of drug-likeness (QED) is 0.504. The summed E-state index contributed by atoms with van der Waals surface area (Å²) in [5, 5.41) is 0. The van der Waals surface area contributed by atoms with E-state index in [1.807, 2.05) is 0 Å². The SMILES string of the molecule is CCC(OC(=O)N1[C@H](C)C[C@H](NS(C)(=O)=O)[C@@H]1CO[C@H]1CC[C@]2(c3ncc(F)cn3)C(C1)[C@@H]2C)C(F)F. The molecular weight excluding hydrogens is 513 g/mol. The fourth-order valence-electron chi connectivity index (χ4n) is 6.35. The summed E-state index contributed by atoms with van der Waals surface area (Å²) in [5.74, 6) is 0.739. The average Bonchev–Trinajstić information content (AvgIpc) is 3.29. The molecule has 1 N–H and O–H groups in total. The van der Waals surface area contributed by atoms with E-state index in [-0.39, 0.29) is 30.5 Å². The lowest BCUT2D eigenvalue weighted by Crippen LogP contribution is -2.51. The molecule has 1 aliphatic heterocycles. The van der Waals surface area contributed by atoms with Gasteiger partial charge in [-0.2, -0.15) is 0 Å². The highest BCUT2D eigenvalue weighted by molar-refractivity contribution is 7.88. The number of alkyl halides is 2. The normalized spacial score (nSPS) is 34.3. The van der Waals surface area contributed by atoms with E-state index in [2.05, 4.69) is 21.6 Å². The molecule has 0 radical (unpaired) electrons. The van der Waals surface area contributed by atoms with Crippen LogP contribution in [0.15, 0.2) is 12.4 Å². The van der Waals surface area contributed by atoms with E-state index < -0.39 is 52.6 Å². The van der Waals surface area contributed by atoms with E-state index in [0.717, 1.165) is 19.1 Å². The molecule has 2 aliphatic carbocycles. The number of carbonyl (C=O) groups is 1. The van der Waals surface area contributed by atoms with Crippen molar-refractivity contribution in [1.82, 2.24) is 19.6 Å². The van der Waals surface area contributed by atoms with Crippen LogP contribution in [0.4, 0.5) is 18.0 Å². The zero-order chi connectivity index (χ0) is 27.1. The van der Waals surface area contributed by atoms with Crippen LogP contribution in [0.1, 0.15) is 58.7 Å². The molecule has 13 heteroatoms. The van der Waals surface area contributed by atoms with Gasteiger partial charge in [0.15, 0.2) is 11.9 Å². The van der Waals surface area contributed by atoms with Crippen LogP contribution in [0.2, 0.25) is 0 Å². The van der Waals surface area contributed by atoms with Gasteiger partial charge in [0.25, 0.3) is 6.43 Å². The van der Waals surface area contributed by atoms with Gasteiger partial charge < -0.3 is 9.47 Å². The first-order chi connectivity index (χ1) is 17.4. The molecule has 2 unspecified atom stereocenters. The second kappa shape index (κ2) is 10.6. The standard InChI is InChI=1S/C24H35F3N4O5S/c1-5-20(21(26)27)36-23(32)31-13(2)8-18(30-37(4,33)34)19(31)12-35-16-6-7-24(14(3)17(24)9-16)22-28-10-15(25)11-29-22/h10-11,13-14,16-21,30H,5-9,12H2,1-4H3/t13-,14+,16+,17?,18+,19+,20?,24-/m1/s1. The lowest BCUT2D eigenvalue weighted by atomic mass is 9.85. The van der Waals surface area contributed by atoms with Gasteiger partial charge in [-0.15, -0.1) is 0 Å². The summed E-state index contributed by atoms with van der Waals surface area (Å²) in [5.41, 5.74) is -0.198. The highest BCUT2D eigenvalue weighted by atomic mass is 32.2. The van der Waals surface area contributed by atoms with Gasteiger partial charge in [-0.25, -0.2) is 41.1 Å². The Morgan fingerprint density at radius 3 is 2.51 bits per heavy atom. The molecule has 9 nitrogen and oxygen atoms in total. The van der Waals surface area contributed by atoms with Crippen LogP contribution >= 0.6 is 0 Å². The number of fused-ring (bicyclic) bond motifs is 1. The zero-order valence-electron chi connectivity index (χ0n) is 21.4. The van der Waals surface area contributed by atoms with E-state index in [9.17, 15) is 26.4 Å². The van der Waals surface area contributed by atoms with Crippen LogP contribution in [-0.2, 0) is 24.9 Å². The van der Waals surface area contributed by atoms with Gasteiger partial charge in [-0.05, 0) is 50.9 Å². The number of nitrogens with zero attached hydrogens (tertiary/aromatic N) is 3. The summed E-state index contributed by atoms with van der Waals surface area (Å²) in [6, 6.07) is -1.79. The molecule has 1 aromatic heterocycles.